The van der Waals surface area contributed by atoms with Crippen LogP contribution in [0.15, 0.2) is 18.2 Å². The SMILES string of the molecule is Cc1cc(CCN(C)C(=O)CCS)ccc1F. The Morgan fingerprint density at radius 1 is 1.47 bits per heavy atom. The van der Waals surface area contributed by atoms with Gasteiger partial charge in [0.15, 0.2) is 0 Å². The third-order valence-corrected chi connectivity index (χ3v) is 2.93. The number of carbonyl (C=O) groups is 1. The van der Waals surface area contributed by atoms with Gasteiger partial charge in [-0.05, 0) is 36.3 Å². The van der Waals surface area contributed by atoms with E-state index in [4.69, 9.17) is 0 Å². The van der Waals surface area contributed by atoms with Crippen molar-refractivity contribution in [3.63, 3.8) is 0 Å². The highest BCUT2D eigenvalue weighted by molar-refractivity contribution is 7.80. The van der Waals surface area contributed by atoms with E-state index < -0.39 is 0 Å². The van der Waals surface area contributed by atoms with Crippen LogP contribution in [0.2, 0.25) is 0 Å². The second kappa shape index (κ2) is 6.64. The van der Waals surface area contributed by atoms with Gasteiger partial charge >= 0.3 is 0 Å². The van der Waals surface area contributed by atoms with E-state index in [0.29, 0.717) is 24.3 Å². The van der Waals surface area contributed by atoms with Crippen molar-refractivity contribution in [1.82, 2.24) is 4.90 Å². The van der Waals surface area contributed by atoms with Crippen LogP contribution >= 0.6 is 12.6 Å². The summed E-state index contributed by atoms with van der Waals surface area (Å²) in [7, 11) is 1.78. The molecule has 1 aromatic rings. The molecule has 0 atom stereocenters. The molecule has 17 heavy (non-hydrogen) atoms. The molecule has 0 heterocycles. The number of nitrogens with zero attached hydrogens (tertiary/aromatic N) is 1. The molecule has 0 saturated heterocycles. The Bertz CT molecular complexity index is 395. The molecule has 1 rings (SSSR count). The largest absolute Gasteiger partial charge is 0.345 e. The summed E-state index contributed by atoms with van der Waals surface area (Å²) in [4.78, 5) is 13.2. The Labute approximate surface area is 107 Å². The number of hydrogen-bond acceptors (Lipinski definition) is 2. The van der Waals surface area contributed by atoms with Crippen LogP contribution in [0.4, 0.5) is 4.39 Å². The number of halogens is 1. The molecule has 1 aromatic carbocycles. The van der Waals surface area contributed by atoms with Crippen molar-refractivity contribution in [3.05, 3.63) is 35.1 Å². The van der Waals surface area contributed by atoms with Crippen LogP contribution in [0, 0.1) is 12.7 Å². The van der Waals surface area contributed by atoms with Crippen LogP contribution in [0.3, 0.4) is 0 Å². The molecule has 1 amide bonds. The molecule has 0 aliphatic heterocycles. The van der Waals surface area contributed by atoms with E-state index >= 15 is 0 Å². The number of amides is 1. The van der Waals surface area contributed by atoms with E-state index in [1.165, 1.54) is 6.07 Å². The molecule has 0 saturated carbocycles. The second-order valence-corrected chi connectivity index (χ2v) is 4.57. The number of aryl methyl sites for hydroxylation is 1. The Balaban J connectivity index is 2.50. The molecule has 0 aromatic heterocycles. The Morgan fingerprint density at radius 2 is 2.18 bits per heavy atom. The first kappa shape index (κ1) is 14.0. The fourth-order valence-electron chi connectivity index (χ4n) is 1.57. The molecule has 0 unspecified atom stereocenters. The van der Waals surface area contributed by atoms with Gasteiger partial charge in [0.1, 0.15) is 5.82 Å². The first-order valence-corrected chi connectivity index (χ1v) is 6.27. The summed E-state index contributed by atoms with van der Waals surface area (Å²) in [5, 5.41) is 0. The van der Waals surface area contributed by atoms with Crippen molar-refractivity contribution in [3.8, 4) is 0 Å². The zero-order chi connectivity index (χ0) is 12.8. The Hall–Kier alpha value is -1.03. The lowest BCUT2D eigenvalue weighted by atomic mass is 10.1. The van der Waals surface area contributed by atoms with Crippen LogP contribution in [-0.2, 0) is 11.2 Å². The quantitative estimate of drug-likeness (QED) is 0.801. The van der Waals surface area contributed by atoms with Gasteiger partial charge in [-0.2, -0.15) is 12.6 Å². The molecule has 0 N–H and O–H groups in total. The van der Waals surface area contributed by atoms with Crippen LogP contribution in [-0.4, -0.2) is 30.2 Å². The van der Waals surface area contributed by atoms with Crippen molar-refractivity contribution in [2.45, 2.75) is 19.8 Å². The highest BCUT2D eigenvalue weighted by Gasteiger charge is 2.07. The predicted molar refractivity (Wildman–Crippen MR) is 70.9 cm³/mol. The maximum atomic E-state index is 13.1. The smallest absolute Gasteiger partial charge is 0.223 e. The van der Waals surface area contributed by atoms with E-state index in [9.17, 15) is 9.18 Å². The fourth-order valence-corrected chi connectivity index (χ4v) is 1.76. The minimum Gasteiger partial charge on any atom is -0.345 e. The summed E-state index contributed by atoms with van der Waals surface area (Å²) in [6.45, 7) is 2.40. The molecular formula is C13H18FNOS. The van der Waals surface area contributed by atoms with Gasteiger partial charge in [-0.25, -0.2) is 4.39 Å². The summed E-state index contributed by atoms with van der Waals surface area (Å²) in [5.41, 5.74) is 1.70. The van der Waals surface area contributed by atoms with Crippen molar-refractivity contribution >= 4 is 18.5 Å². The molecule has 0 fully saturated rings. The maximum absolute atomic E-state index is 13.1. The van der Waals surface area contributed by atoms with E-state index in [0.717, 1.165) is 12.0 Å². The minimum atomic E-state index is -0.187. The summed E-state index contributed by atoms with van der Waals surface area (Å²) < 4.78 is 13.1. The molecule has 0 bridgehead atoms. The molecular weight excluding hydrogens is 237 g/mol. The van der Waals surface area contributed by atoms with E-state index in [1.807, 2.05) is 6.07 Å². The van der Waals surface area contributed by atoms with Crippen molar-refractivity contribution in [2.75, 3.05) is 19.3 Å². The lowest BCUT2D eigenvalue weighted by molar-refractivity contribution is -0.129. The summed E-state index contributed by atoms with van der Waals surface area (Å²) in [6.07, 6.45) is 1.21. The van der Waals surface area contributed by atoms with Gasteiger partial charge in [-0.15, -0.1) is 0 Å². The average molecular weight is 255 g/mol. The first-order valence-electron chi connectivity index (χ1n) is 5.64. The van der Waals surface area contributed by atoms with E-state index in [1.54, 1.807) is 24.9 Å². The maximum Gasteiger partial charge on any atom is 0.223 e. The van der Waals surface area contributed by atoms with Crippen molar-refractivity contribution < 1.29 is 9.18 Å². The zero-order valence-corrected chi connectivity index (χ0v) is 11.1. The van der Waals surface area contributed by atoms with Gasteiger partial charge in [-0.1, -0.05) is 12.1 Å². The van der Waals surface area contributed by atoms with Gasteiger partial charge < -0.3 is 4.90 Å². The summed E-state index contributed by atoms with van der Waals surface area (Å²) >= 11 is 4.03. The fraction of sp³-hybridized carbons (Fsp3) is 0.462. The first-order chi connectivity index (χ1) is 8.04. The number of benzene rings is 1. The minimum absolute atomic E-state index is 0.0961. The number of carbonyl (C=O) groups excluding carboxylic acids is 1. The Kier molecular flexibility index (Phi) is 5.48. The van der Waals surface area contributed by atoms with Crippen LogP contribution in [0.25, 0.3) is 0 Å². The van der Waals surface area contributed by atoms with Crippen LogP contribution in [0.1, 0.15) is 17.5 Å². The Morgan fingerprint density at radius 3 is 2.76 bits per heavy atom. The van der Waals surface area contributed by atoms with Crippen LogP contribution in [0.5, 0.6) is 0 Å². The van der Waals surface area contributed by atoms with E-state index in [2.05, 4.69) is 12.6 Å². The standard InChI is InChI=1S/C13H18FNOS/c1-10-9-11(3-4-12(10)14)5-7-15(2)13(16)6-8-17/h3-4,9,17H,5-8H2,1-2H3. The predicted octanol–water partition coefficient (Wildman–Crippen LogP) is 2.45. The molecule has 2 nitrogen and oxygen atoms in total. The monoisotopic (exact) mass is 255 g/mol. The normalized spacial score (nSPS) is 10.4. The summed E-state index contributed by atoms with van der Waals surface area (Å²) in [6, 6.07) is 5.06. The highest BCUT2D eigenvalue weighted by atomic mass is 32.1. The van der Waals surface area contributed by atoms with E-state index in [-0.39, 0.29) is 11.7 Å². The molecule has 0 aliphatic rings. The topological polar surface area (TPSA) is 20.3 Å². The third-order valence-electron chi connectivity index (χ3n) is 2.71. The third kappa shape index (κ3) is 4.38. The highest BCUT2D eigenvalue weighted by Crippen LogP contribution is 2.10. The second-order valence-electron chi connectivity index (χ2n) is 4.12. The summed E-state index contributed by atoms with van der Waals surface area (Å²) in [5.74, 6) is 0.478. The van der Waals surface area contributed by atoms with Gasteiger partial charge in [0.05, 0.1) is 0 Å². The van der Waals surface area contributed by atoms with Gasteiger partial charge in [0, 0.05) is 20.0 Å². The van der Waals surface area contributed by atoms with Gasteiger partial charge in [-0.3, -0.25) is 4.79 Å². The number of hydrogen-bond donors (Lipinski definition) is 1. The molecule has 94 valence electrons. The van der Waals surface area contributed by atoms with Crippen molar-refractivity contribution in [1.29, 1.82) is 0 Å². The van der Waals surface area contributed by atoms with Gasteiger partial charge in [0.2, 0.25) is 5.91 Å². The van der Waals surface area contributed by atoms with Crippen molar-refractivity contribution in [2.24, 2.45) is 0 Å². The molecule has 0 spiro atoms. The molecule has 0 aliphatic carbocycles. The lowest BCUT2D eigenvalue weighted by Crippen LogP contribution is -2.28. The molecule has 4 heteroatoms. The average Bonchev–Trinajstić information content (AvgIpc) is 2.30. The lowest BCUT2D eigenvalue weighted by Gasteiger charge is -2.16. The number of rotatable bonds is 5. The number of likely N-dealkylation sites (N-methyl/N-ethyl adjacent to an activating group) is 1. The molecule has 0 radical (unpaired) electrons. The van der Waals surface area contributed by atoms with Crippen LogP contribution < -0.4 is 0 Å². The zero-order valence-electron chi connectivity index (χ0n) is 10.2. The van der Waals surface area contributed by atoms with Gasteiger partial charge in [0.25, 0.3) is 0 Å². The number of thiol groups is 1.